The standard InChI is InChI=1S/C27H36N4O5.ClH/c1-34-23-8-7-19(17-24(23)35-2)26-21-5-3-4-6-22(21)27(33)31(28-26)20-9-11-29(12-10-20)18-25(32)30-13-15-36-16-14-30;/h3-4,7-8,17,20-22H,5-6,9-16,18H2,1-2H3;1H/t21-,22+;/m0./s1. The van der Waals surface area contributed by atoms with E-state index in [-0.39, 0.29) is 42.1 Å². The van der Waals surface area contributed by atoms with Crippen molar-refractivity contribution in [1.29, 1.82) is 0 Å². The van der Waals surface area contributed by atoms with Gasteiger partial charge in [0.05, 0.1) is 51.6 Å². The Labute approximate surface area is 224 Å². The Morgan fingerprint density at radius 2 is 1.68 bits per heavy atom. The average molecular weight is 533 g/mol. The van der Waals surface area contributed by atoms with Crippen molar-refractivity contribution >= 4 is 29.9 Å². The summed E-state index contributed by atoms with van der Waals surface area (Å²) in [5.74, 6) is 1.57. The molecule has 9 nitrogen and oxygen atoms in total. The molecule has 0 unspecified atom stereocenters. The molecule has 3 heterocycles. The van der Waals surface area contributed by atoms with Crippen LogP contribution in [0.15, 0.2) is 35.5 Å². The molecule has 2 saturated heterocycles. The molecule has 2 amide bonds. The van der Waals surface area contributed by atoms with E-state index in [1.165, 1.54) is 0 Å². The molecule has 0 bridgehead atoms. The monoisotopic (exact) mass is 532 g/mol. The van der Waals surface area contributed by atoms with Gasteiger partial charge >= 0.3 is 0 Å². The minimum absolute atomic E-state index is 0. The number of methoxy groups -OCH3 is 2. The van der Waals surface area contributed by atoms with E-state index in [0.717, 1.165) is 50.0 Å². The number of piperidine rings is 1. The Morgan fingerprint density at radius 3 is 2.35 bits per heavy atom. The number of likely N-dealkylation sites (tertiary alicyclic amines) is 1. The number of amides is 2. The highest BCUT2D eigenvalue weighted by atomic mass is 35.5. The number of hydrogen-bond donors (Lipinski definition) is 0. The van der Waals surface area contributed by atoms with Crippen molar-refractivity contribution < 1.29 is 23.8 Å². The van der Waals surface area contributed by atoms with Crippen molar-refractivity contribution in [3.63, 3.8) is 0 Å². The van der Waals surface area contributed by atoms with Gasteiger partial charge in [-0.05, 0) is 43.9 Å². The minimum atomic E-state index is -0.100. The molecule has 0 saturated carbocycles. The summed E-state index contributed by atoms with van der Waals surface area (Å²) in [4.78, 5) is 30.3. The molecule has 4 aliphatic rings. The van der Waals surface area contributed by atoms with Gasteiger partial charge in [-0.1, -0.05) is 12.2 Å². The lowest BCUT2D eigenvalue weighted by Crippen LogP contribution is -2.53. The summed E-state index contributed by atoms with van der Waals surface area (Å²) in [5, 5.41) is 6.75. The van der Waals surface area contributed by atoms with E-state index in [0.29, 0.717) is 44.3 Å². The first kappa shape index (κ1) is 27.4. The molecule has 202 valence electrons. The highest BCUT2D eigenvalue weighted by molar-refractivity contribution is 6.07. The molecule has 1 aromatic carbocycles. The first-order valence-electron chi connectivity index (χ1n) is 13.0. The van der Waals surface area contributed by atoms with Crippen LogP contribution in [0.3, 0.4) is 0 Å². The Morgan fingerprint density at radius 1 is 1.00 bits per heavy atom. The number of morpholine rings is 1. The maximum atomic E-state index is 13.6. The van der Waals surface area contributed by atoms with Gasteiger partial charge in [-0.2, -0.15) is 5.10 Å². The molecule has 5 rings (SSSR count). The third-order valence-electron chi connectivity index (χ3n) is 7.85. The molecule has 2 fully saturated rings. The van der Waals surface area contributed by atoms with Gasteiger partial charge in [-0.15, -0.1) is 12.4 Å². The van der Waals surface area contributed by atoms with Crippen LogP contribution >= 0.6 is 12.4 Å². The largest absolute Gasteiger partial charge is 0.493 e. The molecule has 0 aromatic heterocycles. The molecule has 0 radical (unpaired) electrons. The van der Waals surface area contributed by atoms with Gasteiger partial charge in [0.25, 0.3) is 0 Å². The van der Waals surface area contributed by atoms with Crippen molar-refractivity contribution in [2.75, 3.05) is 60.2 Å². The van der Waals surface area contributed by atoms with Crippen LogP contribution in [0.25, 0.3) is 0 Å². The number of fused-ring (bicyclic) bond motifs is 1. The Kier molecular flexibility index (Phi) is 9.10. The van der Waals surface area contributed by atoms with Crippen LogP contribution in [0.1, 0.15) is 31.2 Å². The number of carbonyl (C=O) groups excluding carboxylic acids is 2. The second-order valence-corrected chi connectivity index (χ2v) is 9.89. The molecular formula is C27H37ClN4O5. The van der Waals surface area contributed by atoms with E-state index in [1.807, 2.05) is 23.1 Å². The summed E-state index contributed by atoms with van der Waals surface area (Å²) in [7, 11) is 3.25. The Hall–Kier alpha value is -2.62. The highest BCUT2D eigenvalue weighted by Crippen LogP contribution is 2.38. The lowest BCUT2D eigenvalue weighted by molar-refractivity contribution is -0.142. The van der Waals surface area contributed by atoms with Gasteiger partial charge in [0, 0.05) is 37.7 Å². The van der Waals surface area contributed by atoms with Crippen LogP contribution in [0.5, 0.6) is 11.5 Å². The van der Waals surface area contributed by atoms with Gasteiger partial charge in [-0.3, -0.25) is 14.5 Å². The van der Waals surface area contributed by atoms with Gasteiger partial charge in [0.1, 0.15) is 0 Å². The van der Waals surface area contributed by atoms with Crippen LogP contribution in [-0.2, 0) is 14.3 Å². The number of nitrogens with zero attached hydrogens (tertiary/aromatic N) is 4. The molecule has 1 aromatic rings. The topological polar surface area (TPSA) is 83.9 Å². The van der Waals surface area contributed by atoms with E-state index in [4.69, 9.17) is 19.3 Å². The third kappa shape index (κ3) is 5.78. The van der Waals surface area contributed by atoms with Gasteiger partial charge in [-0.25, -0.2) is 5.01 Å². The summed E-state index contributed by atoms with van der Waals surface area (Å²) >= 11 is 0. The quantitative estimate of drug-likeness (QED) is 0.524. The van der Waals surface area contributed by atoms with Crippen LogP contribution in [0.2, 0.25) is 0 Å². The van der Waals surface area contributed by atoms with Crippen LogP contribution in [0.4, 0.5) is 0 Å². The zero-order valence-electron chi connectivity index (χ0n) is 21.6. The normalized spacial score (nSPS) is 24.7. The minimum Gasteiger partial charge on any atom is -0.493 e. The fourth-order valence-corrected chi connectivity index (χ4v) is 5.75. The number of rotatable bonds is 6. The predicted octanol–water partition coefficient (Wildman–Crippen LogP) is 2.58. The van der Waals surface area contributed by atoms with Crippen molar-refractivity contribution in [3.8, 4) is 11.5 Å². The summed E-state index contributed by atoms with van der Waals surface area (Å²) in [6.07, 6.45) is 7.42. The van der Waals surface area contributed by atoms with Crippen LogP contribution in [-0.4, -0.2) is 98.5 Å². The van der Waals surface area contributed by atoms with Gasteiger partial charge < -0.3 is 19.1 Å². The molecule has 1 aliphatic carbocycles. The molecule has 3 aliphatic heterocycles. The maximum absolute atomic E-state index is 13.6. The predicted molar refractivity (Wildman–Crippen MR) is 142 cm³/mol. The van der Waals surface area contributed by atoms with E-state index in [1.54, 1.807) is 19.2 Å². The summed E-state index contributed by atoms with van der Waals surface area (Å²) in [6.45, 7) is 4.55. The van der Waals surface area contributed by atoms with E-state index in [9.17, 15) is 9.59 Å². The molecule has 37 heavy (non-hydrogen) atoms. The number of allylic oxidation sites excluding steroid dienone is 2. The fraction of sp³-hybridized carbons (Fsp3) is 0.593. The van der Waals surface area contributed by atoms with Crippen molar-refractivity contribution in [1.82, 2.24) is 14.8 Å². The first-order chi connectivity index (χ1) is 17.6. The number of halogens is 1. The number of benzene rings is 1. The summed E-state index contributed by atoms with van der Waals surface area (Å²) < 4.78 is 16.3. The fourth-order valence-electron chi connectivity index (χ4n) is 5.75. The van der Waals surface area contributed by atoms with Gasteiger partial charge in [0.2, 0.25) is 11.8 Å². The third-order valence-corrected chi connectivity index (χ3v) is 7.85. The van der Waals surface area contributed by atoms with Crippen molar-refractivity contribution in [3.05, 3.63) is 35.9 Å². The number of hydrogen-bond acceptors (Lipinski definition) is 7. The van der Waals surface area contributed by atoms with E-state index >= 15 is 0 Å². The summed E-state index contributed by atoms with van der Waals surface area (Å²) in [6, 6.07) is 5.90. The first-order valence-corrected chi connectivity index (χ1v) is 13.0. The Bertz CT molecular complexity index is 1030. The highest BCUT2D eigenvalue weighted by Gasteiger charge is 2.43. The van der Waals surface area contributed by atoms with E-state index in [2.05, 4.69) is 17.1 Å². The SMILES string of the molecule is COc1ccc(C2=NN(C3CCN(CC(=O)N4CCOCC4)CC3)C(=O)[C@@H]3CC=CC[C@H]23)cc1OC.Cl. The van der Waals surface area contributed by atoms with Crippen LogP contribution in [0, 0.1) is 11.8 Å². The average Bonchev–Trinajstić information content (AvgIpc) is 2.94. The van der Waals surface area contributed by atoms with Gasteiger partial charge in [0.15, 0.2) is 11.5 Å². The number of hydrazone groups is 1. The second kappa shape index (κ2) is 12.3. The summed E-state index contributed by atoms with van der Waals surface area (Å²) in [5.41, 5.74) is 1.90. The molecule has 10 heteroatoms. The van der Waals surface area contributed by atoms with E-state index < -0.39 is 0 Å². The smallest absolute Gasteiger partial charge is 0.247 e. The number of ether oxygens (including phenoxy) is 3. The maximum Gasteiger partial charge on any atom is 0.247 e. The molecule has 2 atom stereocenters. The molecular weight excluding hydrogens is 496 g/mol. The van der Waals surface area contributed by atoms with Crippen molar-refractivity contribution in [2.45, 2.75) is 31.7 Å². The molecule has 0 spiro atoms. The lowest BCUT2D eigenvalue weighted by atomic mass is 9.76. The molecule has 0 N–H and O–H groups in total. The van der Waals surface area contributed by atoms with Crippen LogP contribution < -0.4 is 9.47 Å². The zero-order chi connectivity index (χ0) is 25.1. The Balaban J connectivity index is 0.00000320. The van der Waals surface area contributed by atoms with Crippen molar-refractivity contribution in [2.24, 2.45) is 16.9 Å². The second-order valence-electron chi connectivity index (χ2n) is 9.89. The lowest BCUT2D eigenvalue weighted by Gasteiger charge is -2.42. The zero-order valence-corrected chi connectivity index (χ0v) is 22.5. The number of carbonyl (C=O) groups is 2.